The highest BCUT2D eigenvalue weighted by molar-refractivity contribution is 9.10. The monoisotopic (exact) mass is 236 g/mol. The van der Waals surface area contributed by atoms with Crippen LogP contribution in [0.3, 0.4) is 0 Å². The molecular formula is C7H9BrO4. The summed E-state index contributed by atoms with van der Waals surface area (Å²) in [5, 5.41) is 26.9. The van der Waals surface area contributed by atoms with Crippen molar-refractivity contribution in [3.05, 3.63) is 22.6 Å². The fourth-order valence-corrected chi connectivity index (χ4v) is 1.23. The van der Waals surface area contributed by atoms with Gasteiger partial charge in [0.2, 0.25) is 0 Å². The molecule has 1 heterocycles. The van der Waals surface area contributed by atoms with Crippen molar-refractivity contribution < 1.29 is 19.7 Å². The van der Waals surface area contributed by atoms with Gasteiger partial charge in [-0.15, -0.1) is 0 Å². The van der Waals surface area contributed by atoms with E-state index in [2.05, 4.69) is 15.9 Å². The van der Waals surface area contributed by atoms with Gasteiger partial charge in [0, 0.05) is 0 Å². The fraction of sp³-hybridized carbons (Fsp3) is 0.429. The summed E-state index contributed by atoms with van der Waals surface area (Å²) in [4.78, 5) is 0. The Morgan fingerprint density at radius 2 is 2.17 bits per heavy atom. The van der Waals surface area contributed by atoms with Crippen LogP contribution in [0.5, 0.6) is 0 Å². The Morgan fingerprint density at radius 3 is 2.58 bits per heavy atom. The molecule has 0 amide bonds. The van der Waals surface area contributed by atoms with E-state index in [-0.39, 0.29) is 5.76 Å². The lowest BCUT2D eigenvalue weighted by molar-refractivity contribution is -0.0255. The summed E-state index contributed by atoms with van der Waals surface area (Å²) in [5.41, 5.74) is 0. The molecule has 12 heavy (non-hydrogen) atoms. The van der Waals surface area contributed by atoms with Crippen molar-refractivity contribution in [2.24, 2.45) is 0 Å². The van der Waals surface area contributed by atoms with E-state index in [0.29, 0.717) is 4.47 Å². The molecule has 0 aromatic carbocycles. The van der Waals surface area contributed by atoms with Gasteiger partial charge in [0.05, 0.1) is 17.3 Å². The maximum atomic E-state index is 9.33. The lowest BCUT2D eigenvalue weighted by atomic mass is 10.2. The Kier molecular flexibility index (Phi) is 3.28. The minimum atomic E-state index is -1.22. The zero-order valence-electron chi connectivity index (χ0n) is 6.14. The van der Waals surface area contributed by atoms with Crippen molar-refractivity contribution in [3.63, 3.8) is 0 Å². The van der Waals surface area contributed by atoms with E-state index < -0.39 is 18.8 Å². The summed E-state index contributed by atoms with van der Waals surface area (Å²) in [6.45, 7) is -0.506. The summed E-state index contributed by atoms with van der Waals surface area (Å²) in [6, 6.07) is 1.60. The normalized spacial score (nSPS) is 16.0. The summed E-state index contributed by atoms with van der Waals surface area (Å²) in [5.74, 6) is 0.219. The highest BCUT2D eigenvalue weighted by atomic mass is 79.9. The van der Waals surface area contributed by atoms with E-state index in [9.17, 15) is 5.11 Å². The second-order valence-electron chi connectivity index (χ2n) is 2.33. The van der Waals surface area contributed by atoms with E-state index in [0.717, 1.165) is 0 Å². The topological polar surface area (TPSA) is 73.8 Å². The largest absolute Gasteiger partial charge is 0.465 e. The Bertz CT molecular complexity index is 247. The van der Waals surface area contributed by atoms with E-state index in [4.69, 9.17) is 14.6 Å². The van der Waals surface area contributed by atoms with Crippen molar-refractivity contribution in [3.8, 4) is 0 Å². The second-order valence-corrected chi connectivity index (χ2v) is 3.18. The van der Waals surface area contributed by atoms with Crippen LogP contribution >= 0.6 is 15.9 Å². The van der Waals surface area contributed by atoms with Crippen LogP contribution in [-0.2, 0) is 0 Å². The van der Waals surface area contributed by atoms with Gasteiger partial charge in [-0.25, -0.2) is 0 Å². The number of furan rings is 1. The molecule has 4 nitrogen and oxygen atoms in total. The Hall–Kier alpha value is -0.360. The number of hydrogen-bond donors (Lipinski definition) is 3. The third kappa shape index (κ3) is 1.87. The molecule has 0 bridgehead atoms. The maximum absolute atomic E-state index is 9.33. The fourth-order valence-electron chi connectivity index (χ4n) is 0.791. The first-order chi connectivity index (χ1) is 5.66. The molecule has 0 aliphatic rings. The van der Waals surface area contributed by atoms with Crippen LogP contribution in [0.2, 0.25) is 0 Å². The third-order valence-corrected chi connectivity index (χ3v) is 2.12. The minimum absolute atomic E-state index is 0.219. The average Bonchev–Trinajstić information content (AvgIpc) is 2.48. The van der Waals surface area contributed by atoms with Crippen molar-refractivity contribution >= 4 is 15.9 Å². The highest BCUT2D eigenvalue weighted by Crippen LogP contribution is 2.26. The molecule has 0 aliphatic carbocycles. The molecule has 0 saturated carbocycles. The van der Waals surface area contributed by atoms with Gasteiger partial charge in [-0.3, -0.25) is 0 Å². The quantitative estimate of drug-likeness (QED) is 0.712. The maximum Gasteiger partial charge on any atom is 0.149 e. The summed E-state index contributed by atoms with van der Waals surface area (Å²) >= 11 is 3.12. The van der Waals surface area contributed by atoms with Crippen LogP contribution in [-0.4, -0.2) is 28.0 Å². The molecule has 68 valence electrons. The van der Waals surface area contributed by atoms with Gasteiger partial charge >= 0.3 is 0 Å². The predicted octanol–water partition coefficient (Wildman–Crippen LogP) is 0.429. The smallest absolute Gasteiger partial charge is 0.149 e. The first-order valence-electron chi connectivity index (χ1n) is 3.36. The van der Waals surface area contributed by atoms with Crippen molar-refractivity contribution in [2.75, 3.05) is 6.61 Å². The minimum Gasteiger partial charge on any atom is -0.465 e. The lowest BCUT2D eigenvalue weighted by Gasteiger charge is -2.12. The lowest BCUT2D eigenvalue weighted by Crippen LogP contribution is -2.21. The van der Waals surface area contributed by atoms with E-state index in [1.807, 2.05) is 0 Å². The molecule has 0 saturated heterocycles. The Labute approximate surface area is 77.6 Å². The summed E-state index contributed by atoms with van der Waals surface area (Å²) in [7, 11) is 0. The molecule has 0 aliphatic heterocycles. The number of hydrogen-bond acceptors (Lipinski definition) is 4. The first kappa shape index (κ1) is 9.73. The van der Waals surface area contributed by atoms with Crippen molar-refractivity contribution in [2.45, 2.75) is 12.2 Å². The standard InChI is InChI=1S/C7H9BrO4/c8-4-1-2-12-7(4)6(11)5(10)3-9/h1-2,5-6,9-11H,3H2. The van der Waals surface area contributed by atoms with Gasteiger partial charge in [-0.2, -0.15) is 0 Å². The van der Waals surface area contributed by atoms with Crippen LogP contribution in [0.15, 0.2) is 21.2 Å². The summed E-state index contributed by atoms with van der Waals surface area (Å²) in [6.07, 6.45) is -1.03. The number of aliphatic hydroxyl groups is 3. The molecule has 1 aromatic heterocycles. The van der Waals surface area contributed by atoms with E-state index in [1.165, 1.54) is 6.26 Å². The molecule has 0 fully saturated rings. The Balaban J connectivity index is 2.77. The van der Waals surface area contributed by atoms with Gasteiger partial charge < -0.3 is 19.7 Å². The SMILES string of the molecule is OCC(O)C(O)c1occc1Br. The molecule has 1 aromatic rings. The zero-order chi connectivity index (χ0) is 9.14. The number of halogens is 1. The molecular weight excluding hydrogens is 228 g/mol. The molecule has 2 atom stereocenters. The van der Waals surface area contributed by atoms with Gasteiger partial charge in [-0.05, 0) is 22.0 Å². The van der Waals surface area contributed by atoms with Gasteiger partial charge in [0.15, 0.2) is 0 Å². The van der Waals surface area contributed by atoms with Gasteiger partial charge in [-0.1, -0.05) is 0 Å². The molecule has 1 rings (SSSR count). The van der Waals surface area contributed by atoms with Crippen LogP contribution < -0.4 is 0 Å². The van der Waals surface area contributed by atoms with Crippen LogP contribution in [0, 0.1) is 0 Å². The van der Waals surface area contributed by atoms with Gasteiger partial charge in [0.25, 0.3) is 0 Å². The van der Waals surface area contributed by atoms with Crippen molar-refractivity contribution in [1.82, 2.24) is 0 Å². The molecule has 2 unspecified atom stereocenters. The molecule has 5 heteroatoms. The van der Waals surface area contributed by atoms with E-state index >= 15 is 0 Å². The van der Waals surface area contributed by atoms with E-state index in [1.54, 1.807) is 6.07 Å². The second kappa shape index (κ2) is 4.04. The van der Waals surface area contributed by atoms with Crippen molar-refractivity contribution in [1.29, 1.82) is 0 Å². The highest BCUT2D eigenvalue weighted by Gasteiger charge is 2.22. The predicted molar refractivity (Wildman–Crippen MR) is 44.5 cm³/mol. The Morgan fingerprint density at radius 1 is 1.50 bits per heavy atom. The van der Waals surface area contributed by atoms with Gasteiger partial charge in [0.1, 0.15) is 18.0 Å². The average molecular weight is 237 g/mol. The molecule has 0 radical (unpaired) electrons. The number of rotatable bonds is 3. The molecule has 3 N–H and O–H groups in total. The summed E-state index contributed by atoms with van der Waals surface area (Å²) < 4.78 is 5.45. The third-order valence-electron chi connectivity index (χ3n) is 1.46. The number of aliphatic hydroxyl groups excluding tert-OH is 3. The zero-order valence-corrected chi connectivity index (χ0v) is 7.73. The van der Waals surface area contributed by atoms with Crippen LogP contribution in [0.4, 0.5) is 0 Å². The molecule has 0 spiro atoms. The van der Waals surface area contributed by atoms with Crippen LogP contribution in [0.1, 0.15) is 11.9 Å². The first-order valence-corrected chi connectivity index (χ1v) is 4.16. The van der Waals surface area contributed by atoms with Crippen LogP contribution in [0.25, 0.3) is 0 Å².